The molecule has 1 atom stereocenters. The molecule has 1 aliphatic rings. The van der Waals surface area contributed by atoms with E-state index in [-0.39, 0.29) is 11.9 Å². The maximum Gasteiger partial charge on any atom is 0.251 e. The Morgan fingerprint density at radius 1 is 1.26 bits per heavy atom. The summed E-state index contributed by atoms with van der Waals surface area (Å²) in [5, 5.41) is 7.96. The summed E-state index contributed by atoms with van der Waals surface area (Å²) in [6, 6.07) is 9.78. The lowest BCUT2D eigenvalue weighted by Gasteiger charge is -2.23. The van der Waals surface area contributed by atoms with E-state index in [4.69, 9.17) is 5.73 Å². The Balaban J connectivity index is 1.38. The van der Waals surface area contributed by atoms with Gasteiger partial charge in [0.05, 0.1) is 24.3 Å². The Labute approximate surface area is 185 Å². The van der Waals surface area contributed by atoms with Crippen LogP contribution >= 0.6 is 11.3 Å². The van der Waals surface area contributed by atoms with Crippen LogP contribution in [0.15, 0.2) is 42.7 Å². The average Bonchev–Trinajstić information content (AvgIpc) is 3.44. The summed E-state index contributed by atoms with van der Waals surface area (Å²) in [6.07, 6.45) is 6.66. The first kappa shape index (κ1) is 21.3. The van der Waals surface area contributed by atoms with Crippen molar-refractivity contribution in [2.75, 3.05) is 12.4 Å². The zero-order valence-electron chi connectivity index (χ0n) is 17.8. The molecule has 0 saturated heterocycles. The molecule has 0 spiro atoms. The van der Waals surface area contributed by atoms with E-state index in [1.54, 1.807) is 0 Å². The van der Waals surface area contributed by atoms with Gasteiger partial charge in [0, 0.05) is 23.2 Å². The number of fused-ring (bicyclic) bond motifs is 1. The topological polar surface area (TPSA) is 93.2 Å². The Hall–Kier alpha value is -2.97. The van der Waals surface area contributed by atoms with Crippen LogP contribution in [0.5, 0.6) is 0 Å². The van der Waals surface area contributed by atoms with Crippen molar-refractivity contribution in [2.45, 2.75) is 45.3 Å². The first-order valence-corrected chi connectivity index (χ1v) is 11.2. The minimum atomic E-state index is -0.471. The second-order valence-electron chi connectivity index (χ2n) is 8.04. The van der Waals surface area contributed by atoms with Gasteiger partial charge >= 0.3 is 0 Å². The maximum absolute atomic E-state index is 12.9. The van der Waals surface area contributed by atoms with Gasteiger partial charge in [0.2, 0.25) is 5.91 Å². The molecule has 1 unspecified atom stereocenters. The van der Waals surface area contributed by atoms with Crippen LogP contribution in [0, 0.1) is 0 Å². The number of hydrogen-bond donors (Lipinski definition) is 2. The Kier molecular flexibility index (Phi) is 6.20. The second kappa shape index (κ2) is 9.03. The molecule has 1 aromatic carbocycles. The lowest BCUT2D eigenvalue weighted by Crippen LogP contribution is -2.39. The SMILES string of the molecule is CC(C(=O)Nc1sc2c(c1C(N)=O)CCC2)N(C)Cc1cnn(Cc2ccccc2)c1. The van der Waals surface area contributed by atoms with Gasteiger partial charge in [-0.3, -0.25) is 19.2 Å². The lowest BCUT2D eigenvalue weighted by atomic mass is 10.1. The summed E-state index contributed by atoms with van der Waals surface area (Å²) in [6.45, 7) is 3.15. The number of nitrogens with zero attached hydrogens (tertiary/aromatic N) is 3. The van der Waals surface area contributed by atoms with Crippen molar-refractivity contribution in [3.8, 4) is 0 Å². The van der Waals surface area contributed by atoms with E-state index >= 15 is 0 Å². The molecule has 162 valence electrons. The number of carbonyl (C=O) groups is 2. The van der Waals surface area contributed by atoms with Crippen LogP contribution in [0.2, 0.25) is 0 Å². The van der Waals surface area contributed by atoms with Crippen LogP contribution < -0.4 is 11.1 Å². The van der Waals surface area contributed by atoms with Gasteiger partial charge in [-0.2, -0.15) is 5.10 Å². The molecule has 0 saturated carbocycles. The molecule has 4 rings (SSSR count). The molecule has 0 radical (unpaired) electrons. The summed E-state index contributed by atoms with van der Waals surface area (Å²) in [4.78, 5) is 28.0. The summed E-state index contributed by atoms with van der Waals surface area (Å²) in [5.74, 6) is -0.622. The fourth-order valence-corrected chi connectivity index (χ4v) is 5.24. The van der Waals surface area contributed by atoms with Gasteiger partial charge in [-0.05, 0) is 44.4 Å². The van der Waals surface area contributed by atoms with Crippen molar-refractivity contribution < 1.29 is 9.59 Å². The number of aryl methyl sites for hydroxylation is 1. The monoisotopic (exact) mass is 437 g/mol. The maximum atomic E-state index is 12.9. The van der Waals surface area contributed by atoms with E-state index in [0.717, 1.165) is 35.3 Å². The molecule has 2 amide bonds. The number of amides is 2. The smallest absolute Gasteiger partial charge is 0.251 e. The van der Waals surface area contributed by atoms with E-state index in [1.807, 2.05) is 54.1 Å². The first-order valence-electron chi connectivity index (χ1n) is 10.4. The Morgan fingerprint density at radius 2 is 2.03 bits per heavy atom. The van der Waals surface area contributed by atoms with Crippen LogP contribution in [0.25, 0.3) is 0 Å². The molecule has 8 heteroatoms. The highest BCUT2D eigenvalue weighted by Crippen LogP contribution is 2.38. The highest BCUT2D eigenvalue weighted by atomic mass is 32.1. The number of benzene rings is 1. The number of primary amides is 1. The zero-order chi connectivity index (χ0) is 22.0. The molecule has 7 nitrogen and oxygen atoms in total. The molecule has 3 aromatic rings. The Morgan fingerprint density at radius 3 is 2.77 bits per heavy atom. The molecule has 0 fully saturated rings. The quantitative estimate of drug-likeness (QED) is 0.566. The fraction of sp³-hybridized carbons (Fsp3) is 0.348. The van der Waals surface area contributed by atoms with Gasteiger partial charge < -0.3 is 11.1 Å². The van der Waals surface area contributed by atoms with E-state index in [2.05, 4.69) is 22.5 Å². The van der Waals surface area contributed by atoms with Gasteiger partial charge in [0.25, 0.3) is 5.91 Å². The molecule has 0 aliphatic heterocycles. The summed E-state index contributed by atoms with van der Waals surface area (Å²) < 4.78 is 1.90. The van der Waals surface area contributed by atoms with Crippen molar-refractivity contribution in [2.24, 2.45) is 5.73 Å². The number of hydrogen-bond acceptors (Lipinski definition) is 5. The Bertz CT molecular complexity index is 1090. The van der Waals surface area contributed by atoms with E-state index in [9.17, 15) is 9.59 Å². The van der Waals surface area contributed by atoms with Crippen molar-refractivity contribution in [1.29, 1.82) is 0 Å². The number of thiophene rings is 1. The molecule has 1 aliphatic carbocycles. The predicted molar refractivity (Wildman–Crippen MR) is 122 cm³/mol. The minimum absolute atomic E-state index is 0.151. The number of anilines is 1. The van der Waals surface area contributed by atoms with Crippen molar-refractivity contribution in [3.63, 3.8) is 0 Å². The van der Waals surface area contributed by atoms with E-state index < -0.39 is 5.91 Å². The number of likely N-dealkylation sites (N-methyl/N-ethyl adjacent to an activating group) is 1. The standard InChI is InChI=1S/C23H27N5O2S/c1-15(22(30)26-23-20(21(24)29)18-9-6-10-19(18)31-23)27(2)12-17-11-25-28(14-17)13-16-7-4-3-5-8-16/h3-5,7-8,11,14-15H,6,9-10,12-13H2,1-2H3,(H2,24,29)(H,26,30). The van der Waals surface area contributed by atoms with Gasteiger partial charge in [-0.1, -0.05) is 30.3 Å². The van der Waals surface area contributed by atoms with E-state index in [1.165, 1.54) is 16.9 Å². The number of rotatable bonds is 8. The minimum Gasteiger partial charge on any atom is -0.365 e. The number of aromatic nitrogens is 2. The van der Waals surface area contributed by atoms with Gasteiger partial charge in [-0.15, -0.1) is 11.3 Å². The molecule has 2 heterocycles. The molecular formula is C23H27N5O2S. The first-order chi connectivity index (χ1) is 14.9. The molecule has 3 N–H and O–H groups in total. The zero-order valence-corrected chi connectivity index (χ0v) is 18.6. The number of nitrogens with two attached hydrogens (primary N) is 1. The molecule has 31 heavy (non-hydrogen) atoms. The highest BCUT2D eigenvalue weighted by Gasteiger charge is 2.28. The number of carbonyl (C=O) groups excluding carboxylic acids is 2. The van der Waals surface area contributed by atoms with Crippen LogP contribution in [0.3, 0.4) is 0 Å². The van der Waals surface area contributed by atoms with Crippen LogP contribution in [0.4, 0.5) is 5.00 Å². The molecular weight excluding hydrogens is 410 g/mol. The largest absolute Gasteiger partial charge is 0.365 e. The van der Waals surface area contributed by atoms with Crippen LogP contribution in [-0.4, -0.2) is 39.6 Å². The third-order valence-electron chi connectivity index (χ3n) is 5.75. The summed E-state index contributed by atoms with van der Waals surface area (Å²) >= 11 is 1.48. The molecule has 2 aromatic heterocycles. The number of nitrogens with one attached hydrogen (secondary N) is 1. The lowest BCUT2D eigenvalue weighted by molar-refractivity contribution is -0.120. The van der Waals surface area contributed by atoms with Crippen LogP contribution in [0.1, 0.15) is 45.3 Å². The third-order valence-corrected chi connectivity index (χ3v) is 6.96. The normalized spacial score (nSPS) is 13.9. The second-order valence-corrected chi connectivity index (χ2v) is 9.14. The third kappa shape index (κ3) is 4.70. The van der Waals surface area contributed by atoms with Gasteiger partial charge in [-0.25, -0.2) is 0 Å². The van der Waals surface area contributed by atoms with E-state index in [0.29, 0.717) is 23.7 Å². The van der Waals surface area contributed by atoms with Crippen molar-refractivity contribution in [1.82, 2.24) is 14.7 Å². The summed E-state index contributed by atoms with van der Waals surface area (Å²) in [7, 11) is 1.90. The highest BCUT2D eigenvalue weighted by molar-refractivity contribution is 7.17. The van der Waals surface area contributed by atoms with Crippen molar-refractivity contribution in [3.05, 3.63) is 69.9 Å². The molecule has 0 bridgehead atoms. The predicted octanol–water partition coefficient (Wildman–Crippen LogP) is 3.04. The van der Waals surface area contributed by atoms with Gasteiger partial charge in [0.15, 0.2) is 0 Å². The summed E-state index contributed by atoms with van der Waals surface area (Å²) in [5.41, 5.74) is 9.32. The fourth-order valence-electron chi connectivity index (χ4n) is 3.94. The van der Waals surface area contributed by atoms with Crippen molar-refractivity contribution >= 4 is 28.2 Å². The average molecular weight is 438 g/mol. The van der Waals surface area contributed by atoms with Crippen LogP contribution in [-0.2, 0) is 30.7 Å². The van der Waals surface area contributed by atoms with Gasteiger partial charge in [0.1, 0.15) is 5.00 Å².